The fourth-order valence-corrected chi connectivity index (χ4v) is 3.65. The highest BCUT2D eigenvalue weighted by atomic mass is 32.3. The first kappa shape index (κ1) is 17.8. The van der Waals surface area contributed by atoms with Gasteiger partial charge in [0.15, 0.2) is 6.61 Å². The van der Waals surface area contributed by atoms with Crippen molar-refractivity contribution in [2.75, 3.05) is 6.54 Å². The maximum Gasteiger partial charge on any atom is 0.477 e. The van der Waals surface area contributed by atoms with E-state index in [-0.39, 0.29) is 26.0 Å². The van der Waals surface area contributed by atoms with E-state index in [0.29, 0.717) is 10.9 Å². The standard InChI is InChI=1S/C12H17N5O7S/c1-15-5-4-14-10(15)7-23-17-6-8(2-3-9(17)11(13)18)16(12(17)19)24-25(20,21)22/h4-5,8-9H,2-3,6-7H2,1H3,(H2-,13,18,20,21,22)/p+1/t8-,9+,17?/m1/s1. The molecule has 0 spiro atoms. The summed E-state index contributed by atoms with van der Waals surface area (Å²) in [5, 5.41) is 0.538. The molecule has 2 aliphatic rings. The Morgan fingerprint density at radius 2 is 2.24 bits per heavy atom. The Kier molecular flexibility index (Phi) is 4.28. The molecule has 25 heavy (non-hydrogen) atoms. The average molecular weight is 376 g/mol. The van der Waals surface area contributed by atoms with E-state index >= 15 is 0 Å². The maximum atomic E-state index is 12.8. The van der Waals surface area contributed by atoms with E-state index in [1.165, 1.54) is 0 Å². The summed E-state index contributed by atoms with van der Waals surface area (Å²) >= 11 is 0. The van der Waals surface area contributed by atoms with Crippen LogP contribution in [-0.4, -0.2) is 62.8 Å². The molecule has 2 saturated heterocycles. The van der Waals surface area contributed by atoms with E-state index in [0.717, 1.165) is 0 Å². The van der Waals surface area contributed by atoms with Gasteiger partial charge in [0.25, 0.3) is 5.91 Å². The van der Waals surface area contributed by atoms with Crippen LogP contribution in [0.3, 0.4) is 0 Å². The van der Waals surface area contributed by atoms with Crippen molar-refractivity contribution in [1.29, 1.82) is 0 Å². The van der Waals surface area contributed by atoms with Gasteiger partial charge in [-0.1, -0.05) is 4.65 Å². The van der Waals surface area contributed by atoms with Crippen LogP contribution in [0.4, 0.5) is 4.79 Å². The summed E-state index contributed by atoms with van der Waals surface area (Å²) in [7, 11) is -3.17. The molecule has 0 saturated carbocycles. The van der Waals surface area contributed by atoms with Crippen molar-refractivity contribution in [3.05, 3.63) is 18.2 Å². The van der Waals surface area contributed by atoms with Crippen LogP contribution in [0.1, 0.15) is 18.7 Å². The van der Waals surface area contributed by atoms with Crippen LogP contribution in [0.5, 0.6) is 0 Å². The quantitative estimate of drug-likeness (QED) is 0.466. The summed E-state index contributed by atoms with van der Waals surface area (Å²) in [6.07, 6.45) is 3.71. The molecule has 3 N–H and O–H groups in total. The van der Waals surface area contributed by atoms with Crippen LogP contribution in [0.2, 0.25) is 0 Å². The molecule has 138 valence electrons. The molecule has 1 unspecified atom stereocenters. The summed E-state index contributed by atoms with van der Waals surface area (Å²) in [6, 6.07) is -2.59. The molecule has 2 fully saturated rings. The zero-order valence-corrected chi connectivity index (χ0v) is 14.1. The van der Waals surface area contributed by atoms with Gasteiger partial charge in [-0.05, 0) is 6.42 Å². The summed E-state index contributed by atoms with van der Waals surface area (Å²) in [6.45, 7) is -0.141. The molecular formula is C12H18N5O7S+. The largest absolute Gasteiger partial charge is 0.477 e. The number of quaternary nitrogens is 1. The number of carbonyl (C=O) groups excluding carboxylic acids is 2. The first-order valence-corrected chi connectivity index (χ1v) is 8.79. The van der Waals surface area contributed by atoms with Crippen LogP contribution in [-0.2, 0) is 38.0 Å². The Balaban J connectivity index is 1.91. The molecule has 3 atom stereocenters. The second kappa shape index (κ2) is 6.03. The third kappa shape index (κ3) is 3.11. The molecule has 2 bridgehead atoms. The smallest absolute Gasteiger partial charge is 0.364 e. The van der Waals surface area contributed by atoms with E-state index < -0.39 is 39.1 Å². The number of aryl methyl sites for hydroxylation is 1. The van der Waals surface area contributed by atoms with Crippen molar-refractivity contribution >= 4 is 22.3 Å². The zero-order valence-electron chi connectivity index (χ0n) is 13.3. The van der Waals surface area contributed by atoms with E-state index in [1.807, 2.05) is 0 Å². The van der Waals surface area contributed by atoms with Gasteiger partial charge in [0.2, 0.25) is 6.04 Å². The molecule has 2 aliphatic heterocycles. The number of aromatic nitrogens is 2. The second-order valence-electron chi connectivity index (χ2n) is 5.97. The molecule has 13 heteroatoms. The molecule has 3 heterocycles. The Hall–Kier alpha value is -2.06. The molecule has 0 aliphatic carbocycles. The Morgan fingerprint density at radius 3 is 2.80 bits per heavy atom. The van der Waals surface area contributed by atoms with Gasteiger partial charge >= 0.3 is 16.4 Å². The molecular weight excluding hydrogens is 358 g/mol. The van der Waals surface area contributed by atoms with Gasteiger partial charge in [-0.2, -0.15) is 13.3 Å². The normalized spacial score (nSPS) is 29.2. The number of urea groups is 1. The lowest BCUT2D eigenvalue weighted by Gasteiger charge is -2.35. The van der Waals surface area contributed by atoms with Gasteiger partial charge < -0.3 is 10.3 Å². The minimum atomic E-state index is -4.90. The van der Waals surface area contributed by atoms with Crippen molar-refractivity contribution in [3.63, 3.8) is 0 Å². The number of rotatable bonds is 6. The fourth-order valence-electron chi connectivity index (χ4n) is 3.26. The van der Waals surface area contributed by atoms with E-state index in [2.05, 4.69) is 9.27 Å². The number of hydroxylamine groups is 5. The van der Waals surface area contributed by atoms with Crippen LogP contribution in [0, 0.1) is 0 Å². The van der Waals surface area contributed by atoms with Gasteiger partial charge in [-0.15, -0.1) is 9.35 Å². The lowest BCUT2D eigenvalue weighted by Crippen LogP contribution is -2.63. The number of piperidine rings is 1. The number of fused-ring (bicyclic) bond motifs is 2. The molecule has 1 aromatic heterocycles. The topological polar surface area (TPSA) is 154 Å². The number of nitrogens with two attached hydrogens (primary N) is 1. The molecule has 1 aromatic rings. The van der Waals surface area contributed by atoms with Crippen molar-refractivity contribution < 1.29 is 36.3 Å². The first-order chi connectivity index (χ1) is 11.6. The number of carbonyl (C=O) groups is 2. The number of primary amides is 1. The zero-order chi connectivity index (χ0) is 18.4. The lowest BCUT2D eigenvalue weighted by molar-refractivity contribution is -1.05. The van der Waals surface area contributed by atoms with Crippen molar-refractivity contribution in [2.45, 2.75) is 31.5 Å². The van der Waals surface area contributed by atoms with Crippen molar-refractivity contribution in [3.8, 4) is 0 Å². The lowest BCUT2D eigenvalue weighted by atomic mass is 10.00. The molecule has 0 aromatic carbocycles. The summed E-state index contributed by atoms with van der Waals surface area (Å²) < 4.78 is 36.2. The summed E-state index contributed by atoms with van der Waals surface area (Å²) in [5.74, 6) is -0.250. The maximum absolute atomic E-state index is 12.8. The third-order valence-corrected chi connectivity index (χ3v) is 4.80. The van der Waals surface area contributed by atoms with Crippen LogP contribution in [0.15, 0.2) is 12.4 Å². The average Bonchev–Trinajstić information content (AvgIpc) is 3.00. The van der Waals surface area contributed by atoms with Gasteiger partial charge in [0.1, 0.15) is 18.4 Å². The first-order valence-electron chi connectivity index (χ1n) is 7.42. The van der Waals surface area contributed by atoms with E-state index in [9.17, 15) is 18.0 Å². The van der Waals surface area contributed by atoms with Crippen LogP contribution < -0.4 is 5.73 Å². The monoisotopic (exact) mass is 376 g/mol. The summed E-state index contributed by atoms with van der Waals surface area (Å²) in [4.78, 5) is 34.4. The van der Waals surface area contributed by atoms with Gasteiger partial charge in [0, 0.05) is 25.9 Å². The predicted molar refractivity (Wildman–Crippen MR) is 79.0 cm³/mol. The summed E-state index contributed by atoms with van der Waals surface area (Å²) in [5.41, 5.74) is 5.42. The highest BCUT2D eigenvalue weighted by Crippen LogP contribution is 2.38. The Morgan fingerprint density at radius 1 is 1.52 bits per heavy atom. The molecule has 12 nitrogen and oxygen atoms in total. The van der Waals surface area contributed by atoms with Gasteiger partial charge in [-0.25, -0.2) is 9.78 Å². The van der Waals surface area contributed by atoms with Crippen LogP contribution >= 0.6 is 0 Å². The molecule has 3 amide bonds. The van der Waals surface area contributed by atoms with E-state index in [4.69, 9.17) is 15.1 Å². The number of hydrogen-bond donors (Lipinski definition) is 2. The van der Waals surface area contributed by atoms with Gasteiger partial charge in [0.05, 0.1) is 0 Å². The van der Waals surface area contributed by atoms with Gasteiger partial charge in [-0.3, -0.25) is 9.35 Å². The Labute approximate surface area is 143 Å². The fraction of sp³-hybridized carbons (Fsp3) is 0.583. The highest BCUT2D eigenvalue weighted by molar-refractivity contribution is 7.80. The van der Waals surface area contributed by atoms with E-state index in [1.54, 1.807) is 24.0 Å². The number of amides is 3. The second-order valence-corrected chi connectivity index (χ2v) is 6.97. The highest BCUT2D eigenvalue weighted by Gasteiger charge is 2.65. The van der Waals surface area contributed by atoms with Crippen LogP contribution in [0.25, 0.3) is 0 Å². The number of imidazole rings is 1. The Bertz CT molecular complexity index is 809. The number of hydrogen-bond acceptors (Lipinski definition) is 7. The van der Waals surface area contributed by atoms with Crippen molar-refractivity contribution in [1.82, 2.24) is 14.6 Å². The third-order valence-electron chi connectivity index (χ3n) is 4.45. The minimum Gasteiger partial charge on any atom is -0.364 e. The number of nitrogens with zero attached hydrogens (tertiary/aromatic N) is 4. The SMILES string of the molecule is Cn1ccnc1CO[N+]12C[C@@H](CC[C@H]1C(N)=O)N(OS(=O)(=O)O)C2=O. The van der Waals surface area contributed by atoms with Crippen molar-refractivity contribution in [2.24, 2.45) is 12.8 Å². The molecule has 3 rings (SSSR count). The minimum absolute atomic E-state index is 0.0353. The molecule has 0 radical (unpaired) electrons. The predicted octanol–water partition coefficient (Wildman–Crippen LogP) is -1.15.